The molecular formula is C22H26BN5O3. The van der Waals surface area contributed by atoms with Crippen LogP contribution in [-0.2, 0) is 0 Å². The van der Waals surface area contributed by atoms with E-state index in [0.717, 1.165) is 30.3 Å². The molecule has 1 aromatic heterocycles. The minimum absolute atomic E-state index is 0.0608. The standard InChI is InChI=1S/C22H26BN5O3/c1-22(2,3)19-10-14-9-15(7-8-18(14)31-23(19)30)26-21-16(20(25)29)12-28(27-21)17-6-4-5-13(17)11-24/h7-10,12-13,17,30H,4-6H2,1-3H3,(H2,25,29)(H,26,27)/t13-,17?/m1/s1. The Hall–Kier alpha value is -3.25. The van der Waals surface area contributed by atoms with Crippen molar-refractivity contribution >= 4 is 30.6 Å². The molecule has 31 heavy (non-hydrogen) atoms. The van der Waals surface area contributed by atoms with E-state index in [1.807, 2.05) is 32.9 Å². The van der Waals surface area contributed by atoms with E-state index >= 15 is 0 Å². The van der Waals surface area contributed by atoms with Gasteiger partial charge < -0.3 is 20.7 Å². The summed E-state index contributed by atoms with van der Waals surface area (Å²) in [6.45, 7) is 6.05. The predicted octanol–water partition coefficient (Wildman–Crippen LogP) is 3.43. The lowest BCUT2D eigenvalue weighted by Gasteiger charge is -2.29. The van der Waals surface area contributed by atoms with Crippen LogP contribution in [0.1, 0.15) is 62.0 Å². The summed E-state index contributed by atoms with van der Waals surface area (Å²) < 4.78 is 7.36. The SMILES string of the molecule is CC(C)(C)C1=Cc2cc(Nc3nn(C4CCC[C@@H]4C#N)cc3C(N)=O)ccc2OB1O. The number of nitrogens with zero attached hydrogens (tertiary/aromatic N) is 3. The zero-order valence-corrected chi connectivity index (χ0v) is 17.9. The van der Waals surface area contributed by atoms with Crippen LogP contribution in [0.5, 0.6) is 5.75 Å². The van der Waals surface area contributed by atoms with Crippen LogP contribution in [0.3, 0.4) is 0 Å². The molecule has 1 aliphatic carbocycles. The Morgan fingerprint density at radius 1 is 1.42 bits per heavy atom. The highest BCUT2D eigenvalue weighted by Crippen LogP contribution is 2.38. The summed E-state index contributed by atoms with van der Waals surface area (Å²) >= 11 is 0. The maximum absolute atomic E-state index is 12.0. The van der Waals surface area contributed by atoms with Gasteiger partial charge in [0.1, 0.15) is 11.3 Å². The van der Waals surface area contributed by atoms with Gasteiger partial charge in [-0.1, -0.05) is 26.8 Å². The Balaban J connectivity index is 1.66. The van der Waals surface area contributed by atoms with Gasteiger partial charge in [-0.05, 0) is 48.3 Å². The molecule has 1 aromatic carbocycles. The third-order valence-electron chi connectivity index (χ3n) is 5.94. The maximum Gasteiger partial charge on any atom is 0.556 e. The van der Waals surface area contributed by atoms with Crippen LogP contribution in [0, 0.1) is 22.7 Å². The van der Waals surface area contributed by atoms with Gasteiger partial charge in [-0.3, -0.25) is 9.48 Å². The molecule has 2 atom stereocenters. The Morgan fingerprint density at radius 2 is 2.19 bits per heavy atom. The smallest absolute Gasteiger partial charge is 0.532 e. The first-order valence-electron chi connectivity index (χ1n) is 10.4. The van der Waals surface area contributed by atoms with Gasteiger partial charge in [-0.2, -0.15) is 10.4 Å². The Bertz CT molecular complexity index is 1100. The molecule has 9 heteroatoms. The molecule has 0 radical (unpaired) electrons. The highest BCUT2D eigenvalue weighted by Gasteiger charge is 2.35. The van der Waals surface area contributed by atoms with Crippen molar-refractivity contribution in [3.8, 4) is 11.8 Å². The number of hydrogen-bond acceptors (Lipinski definition) is 6. The average Bonchev–Trinajstić information content (AvgIpc) is 3.33. The lowest BCUT2D eigenvalue weighted by molar-refractivity contribution is 0.100. The van der Waals surface area contributed by atoms with Crippen LogP contribution < -0.4 is 15.7 Å². The summed E-state index contributed by atoms with van der Waals surface area (Å²) in [7, 11) is -0.983. The van der Waals surface area contributed by atoms with Gasteiger partial charge in [0.25, 0.3) is 5.91 Å². The molecule has 160 valence electrons. The van der Waals surface area contributed by atoms with Crippen molar-refractivity contribution in [2.24, 2.45) is 17.1 Å². The molecule has 1 amide bonds. The lowest BCUT2D eigenvalue weighted by atomic mass is 9.63. The second kappa shape index (κ2) is 7.78. The van der Waals surface area contributed by atoms with Gasteiger partial charge in [0.2, 0.25) is 0 Å². The van der Waals surface area contributed by atoms with E-state index in [2.05, 4.69) is 16.5 Å². The number of nitrogens with one attached hydrogen (secondary N) is 1. The zero-order chi connectivity index (χ0) is 22.3. The van der Waals surface area contributed by atoms with E-state index in [-0.39, 0.29) is 22.9 Å². The topological polar surface area (TPSA) is 126 Å². The van der Waals surface area contributed by atoms with Crippen LogP contribution in [0.2, 0.25) is 0 Å². The number of fused-ring (bicyclic) bond motifs is 1. The third-order valence-corrected chi connectivity index (χ3v) is 5.94. The first kappa shape index (κ1) is 21.0. The Morgan fingerprint density at radius 3 is 2.87 bits per heavy atom. The summed E-state index contributed by atoms with van der Waals surface area (Å²) in [6, 6.07) is 7.71. The van der Waals surface area contributed by atoms with E-state index in [1.54, 1.807) is 23.0 Å². The van der Waals surface area contributed by atoms with Crippen LogP contribution >= 0.6 is 0 Å². The van der Waals surface area contributed by atoms with Crippen LogP contribution in [0.25, 0.3) is 6.08 Å². The fraction of sp³-hybridized carbons (Fsp3) is 0.409. The van der Waals surface area contributed by atoms with Gasteiger partial charge in [0.05, 0.1) is 18.0 Å². The minimum atomic E-state index is -0.983. The normalized spacial score (nSPS) is 20.5. The van der Waals surface area contributed by atoms with E-state index in [0.29, 0.717) is 17.3 Å². The fourth-order valence-corrected chi connectivity index (χ4v) is 4.23. The van der Waals surface area contributed by atoms with Crippen molar-refractivity contribution in [1.29, 1.82) is 5.26 Å². The molecule has 2 aromatic rings. The number of nitrogens with two attached hydrogens (primary N) is 1. The van der Waals surface area contributed by atoms with Gasteiger partial charge in [0, 0.05) is 17.4 Å². The number of hydrogen-bond donors (Lipinski definition) is 3. The second-order valence-electron chi connectivity index (χ2n) is 9.17. The number of carbonyl (C=O) groups is 1. The molecule has 2 heterocycles. The number of aromatic nitrogens is 2. The molecule has 1 unspecified atom stereocenters. The largest absolute Gasteiger partial charge is 0.556 e. The summed E-state index contributed by atoms with van der Waals surface area (Å²) in [4.78, 5) is 12.0. The van der Waals surface area contributed by atoms with E-state index < -0.39 is 13.0 Å². The first-order chi connectivity index (χ1) is 14.7. The number of amides is 1. The number of primary amides is 1. The van der Waals surface area contributed by atoms with Gasteiger partial charge >= 0.3 is 7.12 Å². The van der Waals surface area contributed by atoms with Gasteiger partial charge in [0.15, 0.2) is 5.82 Å². The highest BCUT2D eigenvalue weighted by molar-refractivity contribution is 6.55. The number of nitriles is 1. The van der Waals surface area contributed by atoms with Crippen molar-refractivity contribution in [2.45, 2.75) is 46.1 Å². The molecule has 4 rings (SSSR count). The molecule has 0 saturated heterocycles. The molecule has 4 N–H and O–H groups in total. The minimum Gasteiger partial charge on any atom is -0.532 e. The third kappa shape index (κ3) is 4.03. The van der Waals surface area contributed by atoms with E-state index in [4.69, 9.17) is 10.4 Å². The van der Waals surface area contributed by atoms with Crippen molar-refractivity contribution in [3.63, 3.8) is 0 Å². The van der Waals surface area contributed by atoms with E-state index in [9.17, 15) is 15.1 Å². The molecule has 0 bridgehead atoms. The summed E-state index contributed by atoms with van der Waals surface area (Å²) in [5.41, 5.74) is 7.92. The number of allylic oxidation sites excluding steroid dienone is 1. The molecule has 1 aliphatic heterocycles. The lowest BCUT2D eigenvalue weighted by Crippen LogP contribution is -2.34. The Kier molecular flexibility index (Phi) is 5.27. The maximum atomic E-state index is 12.0. The predicted molar refractivity (Wildman–Crippen MR) is 118 cm³/mol. The highest BCUT2D eigenvalue weighted by atomic mass is 16.5. The van der Waals surface area contributed by atoms with E-state index in [1.165, 1.54) is 0 Å². The van der Waals surface area contributed by atoms with Crippen molar-refractivity contribution in [2.75, 3.05) is 5.32 Å². The molecule has 2 aliphatic rings. The number of anilines is 2. The van der Waals surface area contributed by atoms with Crippen LogP contribution in [-0.4, -0.2) is 27.8 Å². The molecule has 8 nitrogen and oxygen atoms in total. The summed E-state index contributed by atoms with van der Waals surface area (Å²) in [5, 5.41) is 27.4. The van der Waals surface area contributed by atoms with Crippen molar-refractivity contribution < 1.29 is 14.5 Å². The quantitative estimate of drug-likeness (QED) is 0.652. The number of carbonyl (C=O) groups excluding carboxylic acids is 1. The molecule has 1 fully saturated rings. The molecular weight excluding hydrogens is 393 g/mol. The zero-order valence-electron chi connectivity index (χ0n) is 17.9. The Labute approximate surface area is 181 Å². The number of rotatable bonds is 4. The van der Waals surface area contributed by atoms with Crippen LogP contribution in [0.15, 0.2) is 29.9 Å². The van der Waals surface area contributed by atoms with Gasteiger partial charge in [-0.15, -0.1) is 0 Å². The van der Waals surface area contributed by atoms with Crippen LogP contribution in [0.4, 0.5) is 11.5 Å². The molecule has 1 saturated carbocycles. The first-order valence-corrected chi connectivity index (χ1v) is 10.4. The second-order valence-corrected chi connectivity index (χ2v) is 9.17. The fourth-order valence-electron chi connectivity index (χ4n) is 4.23. The summed E-state index contributed by atoms with van der Waals surface area (Å²) in [6.07, 6.45) is 6.18. The molecule has 0 spiro atoms. The summed E-state index contributed by atoms with van der Waals surface area (Å²) in [5.74, 6) is 0.226. The van der Waals surface area contributed by atoms with Crippen molar-refractivity contribution in [1.82, 2.24) is 9.78 Å². The monoisotopic (exact) mass is 419 g/mol. The number of benzene rings is 1. The average molecular weight is 419 g/mol. The van der Waals surface area contributed by atoms with Crippen molar-refractivity contribution in [3.05, 3.63) is 41.0 Å². The van der Waals surface area contributed by atoms with Gasteiger partial charge in [-0.25, -0.2) is 0 Å².